The molecular formula is C24H34N4O2. The van der Waals surface area contributed by atoms with Gasteiger partial charge in [0.1, 0.15) is 11.6 Å². The third-order valence-electron chi connectivity index (χ3n) is 5.65. The molecule has 0 amide bonds. The molecule has 0 spiro atoms. The van der Waals surface area contributed by atoms with Crippen molar-refractivity contribution in [2.24, 2.45) is 0 Å². The number of ether oxygens (including phenoxy) is 1. The van der Waals surface area contributed by atoms with Crippen molar-refractivity contribution in [2.45, 2.75) is 77.6 Å². The zero-order valence-electron chi connectivity index (χ0n) is 18.3. The topological polar surface area (TPSA) is 77.0 Å². The quantitative estimate of drug-likeness (QED) is 0.425. The van der Waals surface area contributed by atoms with E-state index in [0.29, 0.717) is 12.4 Å². The molecule has 0 saturated heterocycles. The predicted octanol–water partition coefficient (Wildman–Crippen LogP) is 4.77. The Morgan fingerprint density at radius 1 is 1.13 bits per heavy atom. The first kappa shape index (κ1) is 22.2. The lowest BCUT2D eigenvalue weighted by atomic mass is 9.95. The van der Waals surface area contributed by atoms with Gasteiger partial charge in [-0.3, -0.25) is 4.79 Å². The molecule has 3 rings (SSSR count). The van der Waals surface area contributed by atoms with E-state index >= 15 is 0 Å². The molecule has 1 N–H and O–H groups in total. The van der Waals surface area contributed by atoms with Crippen molar-refractivity contribution in [1.29, 1.82) is 0 Å². The normalized spacial score (nSPS) is 13.9. The largest absolute Gasteiger partial charge is 0.466 e. The first-order chi connectivity index (χ1) is 14.7. The van der Waals surface area contributed by atoms with E-state index in [-0.39, 0.29) is 11.9 Å². The van der Waals surface area contributed by atoms with Gasteiger partial charge in [0.15, 0.2) is 0 Å². The maximum atomic E-state index is 12.4. The maximum Gasteiger partial charge on any atom is 0.313 e. The smallest absolute Gasteiger partial charge is 0.313 e. The molecule has 0 unspecified atom stereocenters. The molecule has 0 radical (unpaired) electrons. The first-order valence-corrected chi connectivity index (χ1v) is 11.3. The lowest BCUT2D eigenvalue weighted by Gasteiger charge is -2.17. The second kappa shape index (κ2) is 11.6. The number of unbranched alkanes of at least 4 members (excludes halogenated alkanes) is 4. The summed E-state index contributed by atoms with van der Waals surface area (Å²) in [5.41, 5.74) is 3.39. The van der Waals surface area contributed by atoms with E-state index in [2.05, 4.69) is 27.4 Å². The fourth-order valence-corrected chi connectivity index (χ4v) is 3.94. The minimum atomic E-state index is -0.266. The van der Waals surface area contributed by atoms with E-state index in [1.165, 1.54) is 30.5 Å². The lowest BCUT2D eigenvalue weighted by molar-refractivity contribution is -0.145. The van der Waals surface area contributed by atoms with E-state index in [9.17, 15) is 4.79 Å². The van der Waals surface area contributed by atoms with Crippen LogP contribution in [0.2, 0.25) is 0 Å². The molecule has 6 heteroatoms. The van der Waals surface area contributed by atoms with Crippen LogP contribution in [0, 0.1) is 6.92 Å². The molecule has 0 aromatic carbocycles. The van der Waals surface area contributed by atoms with Gasteiger partial charge in [0, 0.05) is 30.2 Å². The second-order valence-corrected chi connectivity index (χ2v) is 8.02. The Labute approximate surface area is 179 Å². The van der Waals surface area contributed by atoms with Crippen molar-refractivity contribution < 1.29 is 9.53 Å². The van der Waals surface area contributed by atoms with Gasteiger partial charge in [-0.15, -0.1) is 0 Å². The summed E-state index contributed by atoms with van der Waals surface area (Å²) in [6, 6.07) is 4.41. The van der Waals surface area contributed by atoms with Crippen molar-refractivity contribution in [2.75, 3.05) is 18.5 Å². The minimum Gasteiger partial charge on any atom is -0.466 e. The molecule has 162 valence electrons. The van der Waals surface area contributed by atoms with Crippen LogP contribution < -0.4 is 5.32 Å². The van der Waals surface area contributed by atoms with Gasteiger partial charge in [0.2, 0.25) is 0 Å². The zero-order chi connectivity index (χ0) is 21.2. The number of rotatable bonds is 11. The minimum absolute atomic E-state index is 0.169. The van der Waals surface area contributed by atoms with Crippen LogP contribution in [0.3, 0.4) is 0 Å². The number of aromatic nitrogens is 3. The van der Waals surface area contributed by atoms with Crippen LogP contribution in [0.1, 0.15) is 80.4 Å². The van der Waals surface area contributed by atoms with E-state index in [1.54, 1.807) is 12.4 Å². The third kappa shape index (κ3) is 6.51. The van der Waals surface area contributed by atoms with E-state index in [4.69, 9.17) is 9.72 Å². The molecule has 1 aliphatic rings. The van der Waals surface area contributed by atoms with Crippen LogP contribution in [0.4, 0.5) is 5.82 Å². The average Bonchev–Trinajstić information content (AvgIpc) is 2.76. The number of anilines is 1. The highest BCUT2D eigenvalue weighted by molar-refractivity contribution is 5.77. The summed E-state index contributed by atoms with van der Waals surface area (Å²) in [7, 11) is 0. The standard InChI is InChI=1S/C24H34N4O2/c1-3-30-24(29)22(20-16-26-18(2)27-17-20)12-8-6-4-5-7-11-21-14-13-19-10-9-15-25-23(19)28-21/h13-14,16-17,22H,3-12,15H2,1-2H3,(H,25,28)/t22-/m1/s1. The second-order valence-electron chi connectivity index (χ2n) is 8.02. The number of pyridine rings is 1. The van der Waals surface area contributed by atoms with Crippen molar-refractivity contribution >= 4 is 11.8 Å². The van der Waals surface area contributed by atoms with Gasteiger partial charge in [-0.2, -0.15) is 0 Å². The van der Waals surface area contributed by atoms with Crippen LogP contribution in [0.25, 0.3) is 0 Å². The highest BCUT2D eigenvalue weighted by Crippen LogP contribution is 2.24. The van der Waals surface area contributed by atoms with Crippen molar-refractivity contribution in [1.82, 2.24) is 15.0 Å². The maximum absolute atomic E-state index is 12.4. The molecule has 2 aromatic heterocycles. The van der Waals surface area contributed by atoms with E-state index < -0.39 is 0 Å². The Morgan fingerprint density at radius 3 is 2.70 bits per heavy atom. The van der Waals surface area contributed by atoms with E-state index in [1.807, 2.05) is 13.8 Å². The Morgan fingerprint density at radius 2 is 1.90 bits per heavy atom. The SMILES string of the molecule is CCOC(=O)[C@H](CCCCCCCc1ccc2c(n1)NCCC2)c1cnc(C)nc1. The number of nitrogens with zero attached hydrogens (tertiary/aromatic N) is 3. The number of fused-ring (bicyclic) bond motifs is 1. The molecule has 1 aliphatic heterocycles. The number of hydrogen-bond donors (Lipinski definition) is 1. The van der Waals surface area contributed by atoms with Gasteiger partial charge in [0.25, 0.3) is 0 Å². The number of esters is 1. The summed E-state index contributed by atoms with van der Waals surface area (Å²) in [6.45, 7) is 5.12. The van der Waals surface area contributed by atoms with Gasteiger partial charge in [-0.05, 0) is 57.6 Å². The molecule has 3 heterocycles. The highest BCUT2D eigenvalue weighted by Gasteiger charge is 2.22. The fourth-order valence-electron chi connectivity index (χ4n) is 3.94. The monoisotopic (exact) mass is 410 g/mol. The van der Waals surface area contributed by atoms with Crippen molar-refractivity contribution in [3.8, 4) is 0 Å². The molecule has 0 fully saturated rings. The lowest BCUT2D eigenvalue weighted by Crippen LogP contribution is -2.17. The summed E-state index contributed by atoms with van der Waals surface area (Å²) in [5, 5.41) is 3.41. The summed E-state index contributed by atoms with van der Waals surface area (Å²) in [6.07, 6.45) is 13.3. The van der Waals surface area contributed by atoms with Crippen molar-refractivity contribution in [3.05, 3.63) is 47.2 Å². The van der Waals surface area contributed by atoms with Crippen LogP contribution in [-0.4, -0.2) is 34.1 Å². The molecule has 0 bridgehead atoms. The van der Waals surface area contributed by atoms with Gasteiger partial charge < -0.3 is 10.1 Å². The predicted molar refractivity (Wildman–Crippen MR) is 119 cm³/mol. The average molecular weight is 411 g/mol. The fraction of sp³-hybridized carbons (Fsp3) is 0.583. The summed E-state index contributed by atoms with van der Waals surface area (Å²) in [5.74, 6) is 1.36. The van der Waals surface area contributed by atoms with Crippen LogP contribution in [0.5, 0.6) is 0 Å². The number of carbonyl (C=O) groups excluding carboxylic acids is 1. The molecule has 6 nitrogen and oxygen atoms in total. The van der Waals surface area contributed by atoms with Gasteiger partial charge in [-0.25, -0.2) is 15.0 Å². The molecular weight excluding hydrogens is 376 g/mol. The Bertz CT molecular complexity index is 807. The Hall–Kier alpha value is -2.50. The Balaban J connectivity index is 1.37. The highest BCUT2D eigenvalue weighted by atomic mass is 16.5. The Kier molecular flexibility index (Phi) is 8.60. The zero-order valence-corrected chi connectivity index (χ0v) is 18.3. The summed E-state index contributed by atoms with van der Waals surface area (Å²) >= 11 is 0. The number of carbonyl (C=O) groups is 1. The molecule has 1 atom stereocenters. The summed E-state index contributed by atoms with van der Waals surface area (Å²) < 4.78 is 5.27. The molecule has 30 heavy (non-hydrogen) atoms. The number of hydrogen-bond acceptors (Lipinski definition) is 6. The molecule has 2 aromatic rings. The molecule has 0 saturated carbocycles. The summed E-state index contributed by atoms with van der Waals surface area (Å²) in [4.78, 5) is 25.6. The van der Waals surface area contributed by atoms with Gasteiger partial charge in [0.05, 0.1) is 12.5 Å². The number of nitrogens with one attached hydrogen (secondary N) is 1. The molecule has 0 aliphatic carbocycles. The third-order valence-corrected chi connectivity index (χ3v) is 5.65. The van der Waals surface area contributed by atoms with Crippen LogP contribution in [0.15, 0.2) is 24.5 Å². The van der Waals surface area contributed by atoms with Crippen LogP contribution >= 0.6 is 0 Å². The van der Waals surface area contributed by atoms with Gasteiger partial charge >= 0.3 is 5.97 Å². The van der Waals surface area contributed by atoms with E-state index in [0.717, 1.165) is 56.5 Å². The first-order valence-electron chi connectivity index (χ1n) is 11.3. The van der Waals surface area contributed by atoms with Gasteiger partial charge in [-0.1, -0.05) is 31.7 Å². The van der Waals surface area contributed by atoms with Crippen molar-refractivity contribution in [3.63, 3.8) is 0 Å². The van der Waals surface area contributed by atoms with Crippen LogP contribution in [-0.2, 0) is 22.4 Å². The number of aryl methyl sites for hydroxylation is 3.